The quantitative estimate of drug-likeness (QED) is 0.649. The average molecular weight is 298 g/mol. The second kappa shape index (κ2) is 7.72. The maximum absolute atomic E-state index is 12.3. The van der Waals surface area contributed by atoms with Crippen LogP contribution in [0.1, 0.15) is 6.92 Å². The smallest absolute Gasteiger partial charge is 0.312 e. The molecular weight excluding hydrogens is 272 g/mol. The summed E-state index contributed by atoms with van der Waals surface area (Å²) in [6.45, 7) is 8.43. The Morgan fingerprint density at radius 2 is 1.76 bits per heavy atom. The van der Waals surface area contributed by atoms with E-state index >= 15 is 0 Å². The van der Waals surface area contributed by atoms with Gasteiger partial charge in [-0.1, -0.05) is 0 Å². The highest BCUT2D eigenvalue weighted by atomic mass is 16.5. The Balaban J connectivity index is 1.79. The molecule has 1 atom stereocenters. The first-order chi connectivity index (χ1) is 10.1. The van der Waals surface area contributed by atoms with E-state index in [1.165, 1.54) is 0 Å². The van der Waals surface area contributed by atoms with Crippen molar-refractivity contribution in [1.82, 2.24) is 20.0 Å². The van der Waals surface area contributed by atoms with E-state index in [-0.39, 0.29) is 17.9 Å². The molecule has 0 radical (unpaired) electrons. The Morgan fingerprint density at radius 1 is 1.10 bits per heavy atom. The molecule has 0 saturated carbocycles. The van der Waals surface area contributed by atoms with Crippen molar-refractivity contribution in [2.24, 2.45) is 0 Å². The number of amides is 2. The number of methoxy groups -OCH3 is 1. The minimum atomic E-state index is -0.353. The highest BCUT2D eigenvalue weighted by molar-refractivity contribution is 6.34. The largest absolute Gasteiger partial charge is 0.383 e. The number of nitrogens with zero attached hydrogens (tertiary/aromatic N) is 3. The van der Waals surface area contributed by atoms with Crippen LogP contribution in [0.15, 0.2) is 0 Å². The summed E-state index contributed by atoms with van der Waals surface area (Å²) in [5, 5.41) is 3.27. The van der Waals surface area contributed by atoms with Crippen LogP contribution in [0, 0.1) is 0 Å². The maximum Gasteiger partial charge on any atom is 0.312 e. The molecular formula is C14H26N4O3. The van der Waals surface area contributed by atoms with Gasteiger partial charge in [0.15, 0.2) is 0 Å². The standard InChI is InChI=1S/C14H26N4O3/c1-12-11-18(4-3-15-12)14(20)13(19)17-7-5-16(6-8-17)9-10-21-2/h12,15H,3-11H2,1-2H3/t12-/m1/s1. The van der Waals surface area contributed by atoms with Crippen molar-refractivity contribution in [2.45, 2.75) is 13.0 Å². The lowest BCUT2D eigenvalue weighted by atomic mass is 10.2. The van der Waals surface area contributed by atoms with Crippen LogP contribution in [0.3, 0.4) is 0 Å². The van der Waals surface area contributed by atoms with Crippen molar-refractivity contribution >= 4 is 11.8 Å². The molecule has 2 amide bonds. The number of carbonyl (C=O) groups excluding carboxylic acids is 2. The number of ether oxygens (including phenoxy) is 1. The molecule has 1 N–H and O–H groups in total. The SMILES string of the molecule is COCCN1CCN(C(=O)C(=O)N2CCN[C@H](C)C2)CC1. The second-order valence-electron chi connectivity index (χ2n) is 5.73. The molecule has 2 saturated heterocycles. The van der Waals surface area contributed by atoms with Gasteiger partial charge in [0, 0.05) is 65.5 Å². The number of carbonyl (C=O) groups is 2. The van der Waals surface area contributed by atoms with Gasteiger partial charge in [-0.3, -0.25) is 14.5 Å². The van der Waals surface area contributed by atoms with E-state index < -0.39 is 0 Å². The third kappa shape index (κ3) is 4.39. The Morgan fingerprint density at radius 3 is 2.38 bits per heavy atom. The van der Waals surface area contributed by atoms with Crippen LogP contribution in [0.25, 0.3) is 0 Å². The predicted molar refractivity (Wildman–Crippen MR) is 78.9 cm³/mol. The highest BCUT2D eigenvalue weighted by Crippen LogP contribution is 2.06. The van der Waals surface area contributed by atoms with Crippen LogP contribution in [0.4, 0.5) is 0 Å². The zero-order chi connectivity index (χ0) is 15.2. The van der Waals surface area contributed by atoms with Gasteiger partial charge in [0.05, 0.1) is 6.61 Å². The van der Waals surface area contributed by atoms with Gasteiger partial charge in [0.1, 0.15) is 0 Å². The molecule has 0 aliphatic carbocycles. The van der Waals surface area contributed by atoms with Crippen molar-refractivity contribution in [2.75, 3.05) is 66.1 Å². The minimum absolute atomic E-state index is 0.251. The van der Waals surface area contributed by atoms with Crippen molar-refractivity contribution < 1.29 is 14.3 Å². The molecule has 0 bridgehead atoms. The summed E-state index contributed by atoms with van der Waals surface area (Å²) in [4.78, 5) is 30.2. The fraction of sp³-hybridized carbons (Fsp3) is 0.857. The summed E-state index contributed by atoms with van der Waals surface area (Å²) in [7, 11) is 1.69. The molecule has 7 nitrogen and oxygen atoms in total. The summed E-state index contributed by atoms with van der Waals surface area (Å²) < 4.78 is 5.06. The van der Waals surface area contributed by atoms with E-state index in [4.69, 9.17) is 4.74 Å². The number of hydrogen-bond acceptors (Lipinski definition) is 5. The molecule has 2 rings (SSSR count). The molecule has 7 heteroatoms. The van der Waals surface area contributed by atoms with Crippen LogP contribution in [0.2, 0.25) is 0 Å². The topological polar surface area (TPSA) is 65.1 Å². The van der Waals surface area contributed by atoms with Crippen LogP contribution in [-0.4, -0.2) is 98.6 Å². The van der Waals surface area contributed by atoms with Crippen molar-refractivity contribution in [3.63, 3.8) is 0 Å². The average Bonchev–Trinajstić information content (AvgIpc) is 2.52. The monoisotopic (exact) mass is 298 g/mol. The zero-order valence-electron chi connectivity index (χ0n) is 13.0. The third-order valence-corrected chi connectivity index (χ3v) is 4.11. The van der Waals surface area contributed by atoms with E-state index in [9.17, 15) is 9.59 Å². The number of nitrogens with one attached hydrogen (secondary N) is 1. The molecule has 2 aliphatic heterocycles. The third-order valence-electron chi connectivity index (χ3n) is 4.11. The normalized spacial score (nSPS) is 24.2. The van der Waals surface area contributed by atoms with Crippen LogP contribution in [-0.2, 0) is 14.3 Å². The Bertz CT molecular complexity index is 369. The van der Waals surface area contributed by atoms with Gasteiger partial charge in [0.2, 0.25) is 0 Å². The lowest BCUT2D eigenvalue weighted by molar-refractivity contribution is -0.153. The molecule has 0 aromatic carbocycles. The summed E-state index contributed by atoms with van der Waals surface area (Å²) in [5.74, 6) is -0.704. The molecule has 21 heavy (non-hydrogen) atoms. The second-order valence-corrected chi connectivity index (χ2v) is 5.73. The van der Waals surface area contributed by atoms with Gasteiger partial charge in [-0.25, -0.2) is 0 Å². The van der Waals surface area contributed by atoms with Crippen molar-refractivity contribution in [1.29, 1.82) is 0 Å². The van der Waals surface area contributed by atoms with Gasteiger partial charge in [-0.05, 0) is 6.92 Å². The highest BCUT2D eigenvalue weighted by Gasteiger charge is 2.31. The molecule has 120 valence electrons. The fourth-order valence-corrected chi connectivity index (χ4v) is 2.78. The van der Waals surface area contributed by atoms with Crippen LogP contribution in [0.5, 0.6) is 0 Å². The minimum Gasteiger partial charge on any atom is -0.383 e. The maximum atomic E-state index is 12.3. The van der Waals surface area contributed by atoms with Gasteiger partial charge < -0.3 is 19.9 Å². The van der Waals surface area contributed by atoms with E-state index in [1.54, 1.807) is 16.9 Å². The summed E-state index contributed by atoms with van der Waals surface area (Å²) in [5.41, 5.74) is 0. The number of hydrogen-bond donors (Lipinski definition) is 1. The Hall–Kier alpha value is -1.18. The Kier molecular flexibility index (Phi) is 5.96. The molecule has 0 aromatic heterocycles. The zero-order valence-corrected chi connectivity index (χ0v) is 13.0. The first-order valence-corrected chi connectivity index (χ1v) is 7.64. The van der Waals surface area contributed by atoms with E-state index in [0.29, 0.717) is 32.8 Å². The molecule has 0 unspecified atom stereocenters. The number of piperazine rings is 2. The Labute approximate surface area is 126 Å². The van der Waals surface area contributed by atoms with Gasteiger partial charge in [-0.2, -0.15) is 0 Å². The summed E-state index contributed by atoms with van der Waals surface area (Å²) in [6, 6.07) is 0.251. The fourth-order valence-electron chi connectivity index (χ4n) is 2.78. The lowest BCUT2D eigenvalue weighted by Crippen LogP contribution is -2.57. The van der Waals surface area contributed by atoms with E-state index in [1.807, 2.05) is 6.92 Å². The first kappa shape index (κ1) is 16.2. The van der Waals surface area contributed by atoms with Gasteiger partial charge in [-0.15, -0.1) is 0 Å². The van der Waals surface area contributed by atoms with E-state index in [0.717, 1.165) is 26.2 Å². The van der Waals surface area contributed by atoms with Crippen molar-refractivity contribution in [3.05, 3.63) is 0 Å². The molecule has 0 aromatic rings. The molecule has 2 aliphatic rings. The van der Waals surface area contributed by atoms with Crippen molar-refractivity contribution in [3.8, 4) is 0 Å². The predicted octanol–water partition coefficient (Wildman–Crippen LogP) is -1.40. The first-order valence-electron chi connectivity index (χ1n) is 7.64. The number of rotatable bonds is 3. The van der Waals surface area contributed by atoms with E-state index in [2.05, 4.69) is 10.2 Å². The molecule has 2 fully saturated rings. The van der Waals surface area contributed by atoms with Crippen LogP contribution >= 0.6 is 0 Å². The molecule has 0 spiro atoms. The lowest BCUT2D eigenvalue weighted by Gasteiger charge is -2.36. The molecule has 2 heterocycles. The van der Waals surface area contributed by atoms with Crippen LogP contribution < -0.4 is 5.32 Å². The van der Waals surface area contributed by atoms with Gasteiger partial charge >= 0.3 is 11.8 Å². The summed E-state index contributed by atoms with van der Waals surface area (Å²) in [6.07, 6.45) is 0. The van der Waals surface area contributed by atoms with Gasteiger partial charge in [0.25, 0.3) is 0 Å². The summed E-state index contributed by atoms with van der Waals surface area (Å²) >= 11 is 0.